The predicted octanol–water partition coefficient (Wildman–Crippen LogP) is 1.53. The van der Waals surface area contributed by atoms with E-state index in [9.17, 15) is 4.79 Å². The van der Waals surface area contributed by atoms with Crippen molar-refractivity contribution < 1.29 is 14.3 Å². The van der Waals surface area contributed by atoms with Crippen LogP contribution in [0.5, 0.6) is 0 Å². The summed E-state index contributed by atoms with van der Waals surface area (Å²) in [5.74, 6) is -0.247. The summed E-state index contributed by atoms with van der Waals surface area (Å²) in [6, 6.07) is 0.346. The summed E-state index contributed by atoms with van der Waals surface area (Å²) in [5, 5.41) is 4.38. The van der Waals surface area contributed by atoms with Crippen LogP contribution in [-0.4, -0.2) is 41.9 Å². The van der Waals surface area contributed by atoms with Crippen LogP contribution in [0.15, 0.2) is 4.99 Å². The molecule has 2 fully saturated rings. The third-order valence-electron chi connectivity index (χ3n) is 2.94. The second-order valence-corrected chi connectivity index (χ2v) is 5.65. The number of nitrogens with zero attached hydrogens (tertiary/aromatic N) is 1. The lowest BCUT2D eigenvalue weighted by Crippen LogP contribution is -2.41. The number of aliphatic imine (C=N–C) groups is 1. The summed E-state index contributed by atoms with van der Waals surface area (Å²) in [6.07, 6.45) is 3.03. The van der Waals surface area contributed by atoms with Gasteiger partial charge < -0.3 is 14.8 Å². The van der Waals surface area contributed by atoms with Crippen molar-refractivity contribution in [2.75, 3.05) is 13.2 Å². The summed E-state index contributed by atoms with van der Waals surface area (Å²) in [4.78, 5) is 15.2. The van der Waals surface area contributed by atoms with Crippen LogP contribution in [0.2, 0.25) is 0 Å². The minimum absolute atomic E-state index is 0.0231. The molecule has 102 valence electrons. The largest absolute Gasteiger partial charge is 0.463 e. The fraction of sp³-hybridized carbons (Fsp3) is 0.833. The topological polar surface area (TPSA) is 59.9 Å². The van der Waals surface area contributed by atoms with E-state index >= 15 is 0 Å². The van der Waals surface area contributed by atoms with Gasteiger partial charge in [-0.1, -0.05) is 18.7 Å². The molecule has 0 saturated carbocycles. The van der Waals surface area contributed by atoms with Crippen molar-refractivity contribution in [3.63, 3.8) is 0 Å². The summed E-state index contributed by atoms with van der Waals surface area (Å²) in [5.41, 5.74) is 0.106. The molecule has 6 heteroatoms. The third kappa shape index (κ3) is 3.62. The maximum Gasteiger partial charge on any atom is 0.302 e. The lowest BCUT2D eigenvalue weighted by Gasteiger charge is -2.30. The fourth-order valence-electron chi connectivity index (χ4n) is 2.04. The summed E-state index contributed by atoms with van der Waals surface area (Å²) >= 11 is 1.65. The van der Waals surface area contributed by atoms with Crippen molar-refractivity contribution in [2.45, 2.75) is 50.7 Å². The normalized spacial score (nSPS) is 33.0. The first-order valence-corrected chi connectivity index (χ1v) is 7.33. The number of hydrogen-bond donors (Lipinski definition) is 1. The Morgan fingerprint density at radius 3 is 3.17 bits per heavy atom. The number of hydrogen-bond acceptors (Lipinski definition) is 5. The highest BCUT2D eigenvalue weighted by molar-refractivity contribution is 8.14. The van der Waals surface area contributed by atoms with Gasteiger partial charge in [-0.2, -0.15) is 0 Å². The molecule has 1 N–H and O–H groups in total. The second kappa shape index (κ2) is 6.43. The summed E-state index contributed by atoms with van der Waals surface area (Å²) < 4.78 is 10.9. The Labute approximate surface area is 112 Å². The number of thioether (sulfide) groups is 1. The Bertz CT molecular complexity index is 335. The molecule has 2 aliphatic heterocycles. The second-order valence-electron chi connectivity index (χ2n) is 4.56. The Morgan fingerprint density at radius 2 is 2.44 bits per heavy atom. The number of fused-ring (bicyclic) bond motifs is 1. The smallest absolute Gasteiger partial charge is 0.302 e. The number of amidine groups is 1. The van der Waals surface area contributed by atoms with E-state index in [4.69, 9.17) is 9.47 Å². The summed E-state index contributed by atoms with van der Waals surface area (Å²) in [7, 11) is 0. The number of nitrogens with one attached hydrogen (secondary N) is 1. The van der Waals surface area contributed by atoms with Gasteiger partial charge in [-0.25, -0.2) is 0 Å². The molecule has 0 aromatic carbocycles. The van der Waals surface area contributed by atoms with Gasteiger partial charge in [0.2, 0.25) is 0 Å². The van der Waals surface area contributed by atoms with Gasteiger partial charge >= 0.3 is 5.97 Å². The molecule has 0 aliphatic carbocycles. The molecule has 0 spiro atoms. The van der Waals surface area contributed by atoms with Crippen molar-refractivity contribution >= 4 is 22.9 Å². The molecule has 0 unspecified atom stereocenters. The zero-order valence-electron chi connectivity index (χ0n) is 10.8. The van der Waals surface area contributed by atoms with Crippen molar-refractivity contribution in [3.05, 3.63) is 0 Å². The molecule has 2 aliphatic rings. The van der Waals surface area contributed by atoms with E-state index < -0.39 is 0 Å². The number of carbonyl (C=O) groups excluding carboxylic acids is 1. The van der Waals surface area contributed by atoms with E-state index in [1.165, 1.54) is 6.92 Å². The summed E-state index contributed by atoms with van der Waals surface area (Å²) in [6.45, 7) is 4.75. The highest BCUT2D eigenvalue weighted by Crippen LogP contribution is 2.33. The minimum Gasteiger partial charge on any atom is -0.463 e. The molecular weight excluding hydrogens is 252 g/mol. The number of ether oxygens (including phenoxy) is 2. The first-order chi connectivity index (χ1) is 8.69. The van der Waals surface area contributed by atoms with Crippen LogP contribution in [0.25, 0.3) is 0 Å². The Kier molecular flexibility index (Phi) is 4.88. The van der Waals surface area contributed by atoms with Gasteiger partial charge in [0.25, 0.3) is 0 Å². The zero-order chi connectivity index (χ0) is 13.0. The van der Waals surface area contributed by atoms with Crippen molar-refractivity contribution in [1.82, 2.24) is 5.32 Å². The number of carbonyl (C=O) groups is 1. The van der Waals surface area contributed by atoms with E-state index in [0.717, 1.165) is 31.0 Å². The molecule has 0 aromatic heterocycles. The van der Waals surface area contributed by atoms with E-state index in [1.807, 2.05) is 0 Å². The highest BCUT2D eigenvalue weighted by atomic mass is 32.2. The van der Waals surface area contributed by atoms with Crippen LogP contribution in [0, 0.1) is 0 Å². The van der Waals surface area contributed by atoms with Crippen LogP contribution < -0.4 is 5.32 Å². The van der Waals surface area contributed by atoms with Gasteiger partial charge in [-0.3, -0.25) is 9.79 Å². The predicted molar refractivity (Wildman–Crippen MR) is 71.6 cm³/mol. The van der Waals surface area contributed by atoms with Gasteiger partial charge in [0.05, 0.1) is 12.1 Å². The van der Waals surface area contributed by atoms with Gasteiger partial charge in [0.15, 0.2) is 5.17 Å². The van der Waals surface area contributed by atoms with Crippen molar-refractivity contribution in [2.24, 2.45) is 4.99 Å². The van der Waals surface area contributed by atoms with E-state index in [1.54, 1.807) is 11.8 Å². The van der Waals surface area contributed by atoms with Gasteiger partial charge in [-0.05, 0) is 19.3 Å². The third-order valence-corrected chi connectivity index (χ3v) is 4.09. The molecule has 2 rings (SSSR count). The Morgan fingerprint density at radius 1 is 1.61 bits per heavy atom. The molecule has 3 atom stereocenters. The van der Waals surface area contributed by atoms with E-state index in [0.29, 0.717) is 12.6 Å². The zero-order valence-corrected chi connectivity index (χ0v) is 11.7. The lowest BCUT2D eigenvalue weighted by atomic mass is 10.1. The Balaban J connectivity index is 1.81. The first-order valence-electron chi connectivity index (χ1n) is 6.45. The van der Waals surface area contributed by atoms with Crippen LogP contribution in [0.1, 0.15) is 33.1 Å². The standard InChI is InChI=1S/C12H20N2O3S/c1-3-6-13-12-14-10-5-4-9(7-16-8(2)15)17-11(10)18-12/h9-11H,3-7H2,1-2H3,(H,13,14)/t9-,10-,11-/m1/s1. The quantitative estimate of drug-likeness (QED) is 0.786. The van der Waals surface area contributed by atoms with Crippen LogP contribution in [-0.2, 0) is 14.3 Å². The van der Waals surface area contributed by atoms with Gasteiger partial charge in [0.1, 0.15) is 12.0 Å². The fourth-order valence-corrected chi connectivity index (χ4v) is 3.22. The SMILES string of the molecule is CCCN=C1N[C@@H]2CC[C@H](COC(C)=O)O[C@@H]2S1. The minimum atomic E-state index is -0.247. The monoisotopic (exact) mass is 272 g/mol. The van der Waals surface area contributed by atoms with Crippen molar-refractivity contribution in [1.29, 1.82) is 0 Å². The molecular formula is C12H20N2O3S. The van der Waals surface area contributed by atoms with Crippen LogP contribution >= 0.6 is 11.8 Å². The molecule has 0 radical (unpaired) electrons. The number of rotatable bonds is 4. The highest BCUT2D eigenvalue weighted by Gasteiger charge is 2.38. The molecule has 5 nitrogen and oxygen atoms in total. The molecule has 2 saturated heterocycles. The van der Waals surface area contributed by atoms with Crippen LogP contribution in [0.3, 0.4) is 0 Å². The van der Waals surface area contributed by atoms with E-state index in [-0.39, 0.29) is 17.5 Å². The Hall–Kier alpha value is -0.750. The molecule has 18 heavy (non-hydrogen) atoms. The van der Waals surface area contributed by atoms with Crippen molar-refractivity contribution in [3.8, 4) is 0 Å². The molecule has 0 bridgehead atoms. The van der Waals surface area contributed by atoms with Crippen LogP contribution in [0.4, 0.5) is 0 Å². The average Bonchev–Trinajstić information content (AvgIpc) is 2.75. The average molecular weight is 272 g/mol. The van der Waals surface area contributed by atoms with E-state index in [2.05, 4.69) is 17.2 Å². The first kappa shape index (κ1) is 13.7. The molecule has 0 aromatic rings. The molecule has 2 heterocycles. The maximum absolute atomic E-state index is 10.8. The molecule has 0 amide bonds. The lowest BCUT2D eigenvalue weighted by molar-refractivity contribution is -0.147. The maximum atomic E-state index is 10.8. The number of esters is 1. The van der Waals surface area contributed by atoms with Gasteiger partial charge in [0, 0.05) is 13.5 Å². The van der Waals surface area contributed by atoms with Gasteiger partial charge in [-0.15, -0.1) is 0 Å².